The van der Waals surface area contributed by atoms with Crippen molar-refractivity contribution >= 4 is 12.0 Å². The smallest absolute Gasteiger partial charge is 0.317 e. The molecule has 110 valence electrons. The molecule has 0 radical (unpaired) electrons. The predicted molar refractivity (Wildman–Crippen MR) is 77.5 cm³/mol. The van der Waals surface area contributed by atoms with E-state index in [-0.39, 0.29) is 18.5 Å². The van der Waals surface area contributed by atoms with Gasteiger partial charge in [0.2, 0.25) is 0 Å². The van der Waals surface area contributed by atoms with Gasteiger partial charge in [0.15, 0.2) is 0 Å². The number of rotatable bonds is 6. The highest BCUT2D eigenvalue weighted by Gasteiger charge is 2.14. The van der Waals surface area contributed by atoms with Gasteiger partial charge in [-0.25, -0.2) is 4.79 Å². The predicted octanol–water partition coefficient (Wildman–Crippen LogP) is 2.25. The Balaban J connectivity index is 2.66. The van der Waals surface area contributed by atoms with E-state index in [1.165, 1.54) is 0 Å². The van der Waals surface area contributed by atoms with Crippen LogP contribution in [0.1, 0.15) is 31.4 Å². The van der Waals surface area contributed by atoms with Crippen molar-refractivity contribution in [3.05, 3.63) is 35.4 Å². The fraction of sp³-hybridized carbons (Fsp3) is 0.467. The number of carbonyl (C=O) groups is 2. The van der Waals surface area contributed by atoms with Crippen LogP contribution in [-0.4, -0.2) is 35.1 Å². The number of carboxylic acids is 1. The number of nitrogens with zero attached hydrogens (tertiary/aromatic N) is 1. The van der Waals surface area contributed by atoms with Crippen molar-refractivity contribution in [1.29, 1.82) is 0 Å². The average molecular weight is 278 g/mol. The van der Waals surface area contributed by atoms with Crippen molar-refractivity contribution in [3.63, 3.8) is 0 Å². The van der Waals surface area contributed by atoms with Gasteiger partial charge in [-0.2, -0.15) is 0 Å². The van der Waals surface area contributed by atoms with Crippen LogP contribution in [-0.2, 0) is 17.8 Å². The molecule has 2 amide bonds. The lowest BCUT2D eigenvalue weighted by Crippen LogP contribution is -2.41. The Morgan fingerprint density at radius 1 is 1.30 bits per heavy atom. The van der Waals surface area contributed by atoms with Crippen molar-refractivity contribution < 1.29 is 14.7 Å². The van der Waals surface area contributed by atoms with Crippen LogP contribution >= 0.6 is 0 Å². The number of aliphatic carboxylic acids is 1. The summed E-state index contributed by atoms with van der Waals surface area (Å²) in [4.78, 5) is 24.4. The Morgan fingerprint density at radius 3 is 2.45 bits per heavy atom. The molecule has 5 heteroatoms. The van der Waals surface area contributed by atoms with Crippen LogP contribution < -0.4 is 5.32 Å². The molecule has 1 aromatic carbocycles. The first-order valence-electron chi connectivity index (χ1n) is 6.75. The summed E-state index contributed by atoms with van der Waals surface area (Å²) in [5.41, 5.74) is 1.56. The van der Waals surface area contributed by atoms with Crippen LogP contribution in [0.5, 0.6) is 0 Å². The number of urea groups is 1. The second-order valence-corrected chi connectivity index (χ2v) is 4.87. The highest BCUT2D eigenvalue weighted by atomic mass is 16.4. The maximum absolute atomic E-state index is 11.9. The zero-order valence-electron chi connectivity index (χ0n) is 12.2. The van der Waals surface area contributed by atoms with E-state index in [1.54, 1.807) is 24.1 Å². The quantitative estimate of drug-likeness (QED) is 0.838. The number of benzene rings is 1. The van der Waals surface area contributed by atoms with Gasteiger partial charge in [0, 0.05) is 19.6 Å². The molecule has 5 nitrogen and oxygen atoms in total. The van der Waals surface area contributed by atoms with Gasteiger partial charge < -0.3 is 15.3 Å². The van der Waals surface area contributed by atoms with Gasteiger partial charge in [0.25, 0.3) is 0 Å². The topological polar surface area (TPSA) is 69.6 Å². The molecular formula is C15H22N2O3. The van der Waals surface area contributed by atoms with Crippen molar-refractivity contribution in [2.75, 3.05) is 7.05 Å². The van der Waals surface area contributed by atoms with Gasteiger partial charge in [0.05, 0.1) is 6.42 Å². The molecule has 0 aliphatic heterocycles. The molecule has 1 atom stereocenters. The minimum Gasteiger partial charge on any atom is -0.481 e. The molecule has 0 saturated carbocycles. The minimum atomic E-state index is -0.875. The standard InChI is InChI=1S/C15H22N2O3/c1-4-11(2)17(3)15(20)16-10-13-8-6-5-7-12(13)9-14(18)19/h5-8,11H,4,9-10H2,1-3H3,(H,16,20)(H,18,19). The van der Waals surface area contributed by atoms with E-state index in [1.807, 2.05) is 26.0 Å². The molecule has 1 rings (SSSR count). The first-order valence-corrected chi connectivity index (χ1v) is 6.75. The minimum absolute atomic E-state index is 0.0345. The molecule has 2 N–H and O–H groups in total. The number of carboxylic acid groups (broad SMARTS) is 1. The highest BCUT2D eigenvalue weighted by Crippen LogP contribution is 2.10. The van der Waals surface area contributed by atoms with Gasteiger partial charge in [-0.1, -0.05) is 31.2 Å². The number of hydrogen-bond acceptors (Lipinski definition) is 2. The summed E-state index contributed by atoms with van der Waals surface area (Å²) in [5, 5.41) is 11.7. The SMILES string of the molecule is CCC(C)N(C)C(=O)NCc1ccccc1CC(=O)O. The summed E-state index contributed by atoms with van der Waals surface area (Å²) < 4.78 is 0. The molecule has 0 aromatic heterocycles. The van der Waals surface area contributed by atoms with E-state index in [9.17, 15) is 9.59 Å². The Bertz CT molecular complexity index is 474. The molecule has 1 unspecified atom stereocenters. The Labute approximate surface area is 119 Å². The Hall–Kier alpha value is -2.04. The summed E-state index contributed by atoms with van der Waals surface area (Å²) >= 11 is 0. The summed E-state index contributed by atoms with van der Waals surface area (Å²) in [7, 11) is 1.76. The van der Waals surface area contributed by atoms with Crippen LogP contribution in [0.25, 0.3) is 0 Å². The van der Waals surface area contributed by atoms with Gasteiger partial charge >= 0.3 is 12.0 Å². The van der Waals surface area contributed by atoms with E-state index in [0.717, 1.165) is 17.5 Å². The molecule has 0 fully saturated rings. The number of nitrogens with one attached hydrogen (secondary N) is 1. The molecule has 1 aromatic rings. The first kappa shape index (κ1) is 16.0. The van der Waals surface area contributed by atoms with Crippen molar-refractivity contribution in [2.24, 2.45) is 0 Å². The molecule has 20 heavy (non-hydrogen) atoms. The third kappa shape index (κ3) is 4.57. The first-order chi connectivity index (χ1) is 9.45. The van der Waals surface area contributed by atoms with Crippen LogP contribution in [0, 0.1) is 0 Å². The fourth-order valence-corrected chi connectivity index (χ4v) is 1.83. The molecule has 0 spiro atoms. The lowest BCUT2D eigenvalue weighted by Gasteiger charge is -2.24. The highest BCUT2D eigenvalue weighted by molar-refractivity contribution is 5.74. The second kappa shape index (κ2) is 7.53. The maximum Gasteiger partial charge on any atom is 0.317 e. The van der Waals surface area contributed by atoms with E-state index >= 15 is 0 Å². The van der Waals surface area contributed by atoms with Crippen molar-refractivity contribution in [1.82, 2.24) is 10.2 Å². The normalized spacial score (nSPS) is 11.8. The molecule has 0 heterocycles. The van der Waals surface area contributed by atoms with Crippen LogP contribution in [0.2, 0.25) is 0 Å². The lowest BCUT2D eigenvalue weighted by atomic mass is 10.0. The van der Waals surface area contributed by atoms with Crippen LogP contribution in [0.4, 0.5) is 4.79 Å². The van der Waals surface area contributed by atoms with Crippen molar-refractivity contribution in [3.8, 4) is 0 Å². The zero-order valence-corrected chi connectivity index (χ0v) is 12.2. The number of carbonyl (C=O) groups excluding carboxylic acids is 1. The summed E-state index contributed by atoms with van der Waals surface area (Å²) in [5.74, 6) is -0.875. The van der Waals surface area contributed by atoms with E-state index in [0.29, 0.717) is 6.54 Å². The monoisotopic (exact) mass is 278 g/mol. The molecular weight excluding hydrogens is 256 g/mol. The number of amides is 2. The Morgan fingerprint density at radius 2 is 1.90 bits per heavy atom. The third-order valence-corrected chi connectivity index (χ3v) is 3.46. The molecule has 0 saturated heterocycles. The van der Waals surface area contributed by atoms with Gasteiger partial charge in [-0.15, -0.1) is 0 Å². The Kier molecular flexibility index (Phi) is 6.03. The van der Waals surface area contributed by atoms with Gasteiger partial charge in [-0.05, 0) is 24.5 Å². The van der Waals surface area contributed by atoms with E-state index in [2.05, 4.69) is 5.32 Å². The maximum atomic E-state index is 11.9. The van der Waals surface area contributed by atoms with Gasteiger partial charge in [0.1, 0.15) is 0 Å². The van der Waals surface area contributed by atoms with E-state index in [4.69, 9.17) is 5.11 Å². The largest absolute Gasteiger partial charge is 0.481 e. The van der Waals surface area contributed by atoms with Gasteiger partial charge in [-0.3, -0.25) is 4.79 Å². The zero-order chi connectivity index (χ0) is 15.1. The number of hydrogen-bond donors (Lipinski definition) is 2. The van der Waals surface area contributed by atoms with Crippen LogP contribution in [0.15, 0.2) is 24.3 Å². The molecule has 0 aliphatic rings. The molecule has 0 bridgehead atoms. The summed E-state index contributed by atoms with van der Waals surface area (Å²) in [6, 6.07) is 7.27. The summed E-state index contributed by atoms with van der Waals surface area (Å²) in [6.45, 7) is 4.34. The summed E-state index contributed by atoms with van der Waals surface area (Å²) in [6.07, 6.45) is 0.854. The van der Waals surface area contributed by atoms with Crippen molar-refractivity contribution in [2.45, 2.75) is 39.3 Å². The molecule has 0 aliphatic carbocycles. The third-order valence-electron chi connectivity index (χ3n) is 3.46. The van der Waals surface area contributed by atoms with Crippen LogP contribution in [0.3, 0.4) is 0 Å². The second-order valence-electron chi connectivity index (χ2n) is 4.87. The fourth-order valence-electron chi connectivity index (χ4n) is 1.83. The van der Waals surface area contributed by atoms with E-state index < -0.39 is 5.97 Å². The lowest BCUT2D eigenvalue weighted by molar-refractivity contribution is -0.136. The average Bonchev–Trinajstić information content (AvgIpc) is 2.43.